The Hall–Kier alpha value is -0.850. The summed E-state index contributed by atoms with van der Waals surface area (Å²) in [5.74, 6) is 0.727. The van der Waals surface area contributed by atoms with Crippen molar-refractivity contribution in [2.45, 2.75) is 26.0 Å². The lowest BCUT2D eigenvalue weighted by Crippen LogP contribution is -2.14. The highest BCUT2D eigenvalue weighted by molar-refractivity contribution is 14.1. The van der Waals surface area contributed by atoms with E-state index in [-0.39, 0.29) is 12.1 Å². The fourth-order valence-corrected chi connectivity index (χ4v) is 2.73. The molecule has 0 aliphatic heterocycles. The minimum atomic E-state index is -0.274. The molecule has 1 unspecified atom stereocenters. The number of ether oxygens (including phenoxy) is 1. The molecule has 106 valence electrons. The predicted molar refractivity (Wildman–Crippen MR) is 90.2 cm³/mol. The summed E-state index contributed by atoms with van der Waals surface area (Å²) in [5, 5.41) is 0.679. The first kappa shape index (κ1) is 15.5. The summed E-state index contributed by atoms with van der Waals surface area (Å²) in [4.78, 5) is 4.20. The number of nitrogens with two attached hydrogens (primary N) is 1. The van der Waals surface area contributed by atoms with Gasteiger partial charge in [-0.15, -0.1) is 0 Å². The van der Waals surface area contributed by atoms with E-state index in [0.717, 1.165) is 20.4 Å². The Balaban J connectivity index is 2.33. The second-order valence-electron chi connectivity index (χ2n) is 4.76. The summed E-state index contributed by atoms with van der Waals surface area (Å²) in [5.41, 5.74) is 8.22. The van der Waals surface area contributed by atoms with Crippen molar-refractivity contribution in [1.29, 1.82) is 0 Å². The van der Waals surface area contributed by atoms with Gasteiger partial charge in [-0.1, -0.05) is 11.6 Å². The average Bonchev–Trinajstić information content (AvgIpc) is 2.40. The van der Waals surface area contributed by atoms with Crippen LogP contribution < -0.4 is 10.5 Å². The van der Waals surface area contributed by atoms with Gasteiger partial charge in [-0.3, -0.25) is 4.98 Å². The fraction of sp³-hybridized carbons (Fsp3) is 0.267. The molecule has 5 heteroatoms. The van der Waals surface area contributed by atoms with Crippen molar-refractivity contribution in [1.82, 2.24) is 4.98 Å². The highest BCUT2D eigenvalue weighted by Crippen LogP contribution is 2.28. The smallest absolute Gasteiger partial charge is 0.138 e. The first-order valence-electron chi connectivity index (χ1n) is 6.29. The van der Waals surface area contributed by atoms with Crippen molar-refractivity contribution in [2.75, 3.05) is 0 Å². The van der Waals surface area contributed by atoms with Crippen LogP contribution in [0.5, 0.6) is 5.75 Å². The molecule has 0 bridgehead atoms. The number of nitrogens with zero attached hydrogens (tertiary/aromatic N) is 1. The van der Waals surface area contributed by atoms with Crippen LogP contribution >= 0.6 is 34.2 Å². The van der Waals surface area contributed by atoms with Crippen LogP contribution in [0.25, 0.3) is 0 Å². The molecule has 0 saturated heterocycles. The molecule has 1 aromatic carbocycles. The van der Waals surface area contributed by atoms with E-state index in [1.807, 2.05) is 38.1 Å². The lowest BCUT2D eigenvalue weighted by molar-refractivity contribution is 0.241. The van der Waals surface area contributed by atoms with Crippen molar-refractivity contribution in [3.05, 3.63) is 56.4 Å². The molecule has 0 radical (unpaired) electrons. The molecule has 0 aliphatic rings. The van der Waals surface area contributed by atoms with Crippen LogP contribution in [0, 0.1) is 3.57 Å². The number of halogens is 2. The number of aromatic nitrogens is 1. The van der Waals surface area contributed by atoms with E-state index >= 15 is 0 Å². The van der Waals surface area contributed by atoms with E-state index < -0.39 is 0 Å². The first-order valence-corrected chi connectivity index (χ1v) is 7.75. The Labute approximate surface area is 137 Å². The molecule has 1 atom stereocenters. The van der Waals surface area contributed by atoms with Crippen LogP contribution in [0.3, 0.4) is 0 Å². The molecule has 1 heterocycles. The van der Waals surface area contributed by atoms with Gasteiger partial charge in [-0.05, 0) is 71.8 Å². The molecule has 0 amide bonds. The van der Waals surface area contributed by atoms with Gasteiger partial charge in [0.25, 0.3) is 0 Å². The molecule has 0 fully saturated rings. The molecule has 2 N–H and O–H groups in total. The molecule has 1 aromatic heterocycles. The minimum absolute atomic E-state index is 0.106. The van der Waals surface area contributed by atoms with E-state index in [0.29, 0.717) is 5.02 Å². The van der Waals surface area contributed by atoms with Gasteiger partial charge >= 0.3 is 0 Å². The summed E-state index contributed by atoms with van der Waals surface area (Å²) in [7, 11) is 0. The van der Waals surface area contributed by atoms with Gasteiger partial charge in [0.2, 0.25) is 0 Å². The number of hydrogen-bond acceptors (Lipinski definition) is 3. The quantitative estimate of drug-likeness (QED) is 0.781. The Kier molecular flexibility index (Phi) is 5.23. The number of hydrogen-bond donors (Lipinski definition) is 1. The molecule has 0 spiro atoms. The van der Waals surface area contributed by atoms with Gasteiger partial charge in [0, 0.05) is 14.8 Å². The second-order valence-corrected chi connectivity index (χ2v) is 6.36. The zero-order valence-electron chi connectivity index (χ0n) is 11.3. The Bertz CT molecular complexity index is 604. The highest BCUT2D eigenvalue weighted by atomic mass is 127. The number of rotatable bonds is 4. The monoisotopic (exact) mass is 402 g/mol. The molecular formula is C15H16ClIN2O. The summed E-state index contributed by atoms with van der Waals surface area (Å²) in [6, 6.07) is 7.36. The molecule has 0 saturated carbocycles. The van der Waals surface area contributed by atoms with Gasteiger partial charge in [0.15, 0.2) is 0 Å². The highest BCUT2D eigenvalue weighted by Gasteiger charge is 2.14. The van der Waals surface area contributed by atoms with Crippen LogP contribution in [0.2, 0.25) is 5.02 Å². The number of benzene rings is 1. The van der Waals surface area contributed by atoms with Gasteiger partial charge in [0.1, 0.15) is 5.75 Å². The van der Waals surface area contributed by atoms with Gasteiger partial charge in [-0.2, -0.15) is 0 Å². The van der Waals surface area contributed by atoms with E-state index in [1.54, 1.807) is 12.4 Å². The van der Waals surface area contributed by atoms with Crippen LogP contribution in [-0.4, -0.2) is 11.1 Å². The Morgan fingerprint density at radius 1 is 1.25 bits per heavy atom. The number of pyridine rings is 1. The minimum Gasteiger partial charge on any atom is -0.489 e. The molecule has 2 aromatic rings. The molecule has 0 aliphatic carbocycles. The fourth-order valence-electron chi connectivity index (χ4n) is 1.87. The van der Waals surface area contributed by atoms with E-state index in [4.69, 9.17) is 22.1 Å². The zero-order chi connectivity index (χ0) is 14.7. The van der Waals surface area contributed by atoms with E-state index in [1.165, 1.54) is 0 Å². The zero-order valence-corrected chi connectivity index (χ0v) is 14.2. The van der Waals surface area contributed by atoms with Crippen molar-refractivity contribution in [2.24, 2.45) is 5.73 Å². The van der Waals surface area contributed by atoms with Crippen molar-refractivity contribution in [3.63, 3.8) is 0 Å². The molecule has 3 nitrogen and oxygen atoms in total. The van der Waals surface area contributed by atoms with E-state index in [9.17, 15) is 0 Å². The third kappa shape index (κ3) is 3.84. The summed E-state index contributed by atoms with van der Waals surface area (Å²) in [6.07, 6.45) is 3.56. The maximum atomic E-state index is 6.33. The van der Waals surface area contributed by atoms with Crippen LogP contribution in [0.1, 0.15) is 31.0 Å². The maximum absolute atomic E-state index is 6.33. The normalized spacial score (nSPS) is 12.5. The summed E-state index contributed by atoms with van der Waals surface area (Å²) in [6.45, 7) is 3.96. The molecule has 2 rings (SSSR count). The van der Waals surface area contributed by atoms with Gasteiger partial charge in [0.05, 0.1) is 18.3 Å². The van der Waals surface area contributed by atoms with Gasteiger partial charge in [-0.25, -0.2) is 0 Å². The molecular weight excluding hydrogens is 387 g/mol. The van der Waals surface area contributed by atoms with Crippen LogP contribution in [0.15, 0.2) is 36.7 Å². The lowest BCUT2D eigenvalue weighted by Gasteiger charge is -2.16. The van der Waals surface area contributed by atoms with Crippen molar-refractivity contribution >= 4 is 34.2 Å². The van der Waals surface area contributed by atoms with Crippen LogP contribution in [0.4, 0.5) is 0 Å². The topological polar surface area (TPSA) is 48.1 Å². The lowest BCUT2D eigenvalue weighted by atomic mass is 10.0. The van der Waals surface area contributed by atoms with Gasteiger partial charge < -0.3 is 10.5 Å². The third-order valence-electron chi connectivity index (χ3n) is 2.76. The predicted octanol–water partition coefficient (Wildman–Crippen LogP) is 4.17. The first-order chi connectivity index (χ1) is 9.47. The Morgan fingerprint density at radius 2 is 2.00 bits per heavy atom. The van der Waals surface area contributed by atoms with Crippen molar-refractivity contribution in [3.8, 4) is 5.75 Å². The third-order valence-corrected chi connectivity index (χ3v) is 3.98. The average molecular weight is 403 g/mol. The maximum Gasteiger partial charge on any atom is 0.138 e. The van der Waals surface area contributed by atoms with E-state index in [2.05, 4.69) is 27.6 Å². The largest absolute Gasteiger partial charge is 0.489 e. The van der Waals surface area contributed by atoms with Crippen molar-refractivity contribution < 1.29 is 4.74 Å². The molecule has 20 heavy (non-hydrogen) atoms. The van der Waals surface area contributed by atoms with Crippen LogP contribution in [-0.2, 0) is 0 Å². The SMILES string of the molecule is CC(C)Oc1cncc(C(N)c2cc(Cl)ccc2I)c1. The second kappa shape index (κ2) is 6.74. The summed E-state index contributed by atoms with van der Waals surface area (Å²) < 4.78 is 6.73. The summed E-state index contributed by atoms with van der Waals surface area (Å²) >= 11 is 8.31. The standard InChI is InChI=1S/C15H16ClIN2O/c1-9(2)20-12-5-10(7-19-8-12)15(18)13-6-11(16)3-4-14(13)17/h3-9,15H,18H2,1-2H3. The Morgan fingerprint density at radius 3 is 2.70 bits per heavy atom.